The number of sulfone groups is 1. The summed E-state index contributed by atoms with van der Waals surface area (Å²) < 4.78 is 28.8. The average molecular weight is 262 g/mol. The van der Waals surface area contributed by atoms with Gasteiger partial charge in [0.25, 0.3) is 0 Å². The maximum atomic E-state index is 11.6. The lowest BCUT2D eigenvalue weighted by molar-refractivity contribution is 0.358. The predicted octanol–water partition coefficient (Wildman–Crippen LogP) is 2.31. The van der Waals surface area contributed by atoms with E-state index >= 15 is 0 Å². The second kappa shape index (κ2) is 3.83. The predicted molar refractivity (Wildman–Crippen MR) is 68.0 cm³/mol. The molecule has 1 N–H and O–H groups in total. The van der Waals surface area contributed by atoms with Crippen LogP contribution in [-0.4, -0.2) is 19.5 Å². The molecule has 18 heavy (non-hydrogen) atoms. The van der Waals surface area contributed by atoms with E-state index in [1.807, 2.05) is 24.3 Å². The topological polar surface area (TPSA) is 67.5 Å². The Morgan fingerprint density at radius 3 is 2.50 bits per heavy atom. The zero-order valence-corrected chi connectivity index (χ0v) is 10.1. The van der Waals surface area contributed by atoms with Crippen molar-refractivity contribution in [1.82, 2.24) is 0 Å². The third kappa shape index (κ3) is 1.60. The third-order valence-corrected chi connectivity index (χ3v) is 4.19. The van der Waals surface area contributed by atoms with Gasteiger partial charge in [-0.3, -0.25) is 0 Å². The Morgan fingerprint density at radius 1 is 1.00 bits per heavy atom. The summed E-state index contributed by atoms with van der Waals surface area (Å²) in [6.45, 7) is 0. The van der Waals surface area contributed by atoms with Crippen molar-refractivity contribution < 1.29 is 17.9 Å². The van der Waals surface area contributed by atoms with E-state index in [1.165, 1.54) is 12.1 Å². The Hall–Kier alpha value is -1.85. The second-order valence-corrected chi connectivity index (χ2v) is 5.96. The van der Waals surface area contributed by atoms with Gasteiger partial charge in [0.15, 0.2) is 0 Å². The van der Waals surface area contributed by atoms with E-state index in [9.17, 15) is 8.42 Å². The number of hydrogen-bond donors (Lipinski definition) is 1. The quantitative estimate of drug-likeness (QED) is 0.769. The molecule has 3 rings (SSSR count). The number of rotatable bonds is 2. The Morgan fingerprint density at radius 2 is 1.72 bits per heavy atom. The van der Waals surface area contributed by atoms with Crippen LogP contribution in [0.3, 0.4) is 0 Å². The molecule has 0 unspecified atom stereocenters. The summed E-state index contributed by atoms with van der Waals surface area (Å²) in [6.07, 6.45) is 0. The lowest BCUT2D eigenvalue weighted by Gasteiger charge is -1.99. The molecule has 0 aliphatic rings. The Labute approximate surface area is 103 Å². The summed E-state index contributed by atoms with van der Waals surface area (Å²) in [7, 11) is -3.62. The van der Waals surface area contributed by atoms with Gasteiger partial charge in [-0.25, -0.2) is 8.42 Å². The van der Waals surface area contributed by atoms with Crippen LogP contribution >= 0.6 is 0 Å². The van der Waals surface area contributed by atoms with Crippen molar-refractivity contribution in [1.29, 1.82) is 0 Å². The molecule has 4 nitrogen and oxygen atoms in total. The zero-order chi connectivity index (χ0) is 12.8. The van der Waals surface area contributed by atoms with Crippen LogP contribution in [0.25, 0.3) is 21.9 Å². The first kappa shape index (κ1) is 11.3. The number of para-hydroxylation sites is 1. The van der Waals surface area contributed by atoms with Crippen LogP contribution in [0.4, 0.5) is 0 Å². The number of furan rings is 1. The number of aliphatic hydroxyl groups excluding tert-OH is 1. The average Bonchev–Trinajstić information content (AvgIpc) is 2.76. The van der Waals surface area contributed by atoms with E-state index < -0.39 is 15.8 Å². The number of benzene rings is 2. The molecule has 92 valence electrons. The van der Waals surface area contributed by atoms with Crippen LogP contribution in [0.15, 0.2) is 51.8 Å². The monoisotopic (exact) mass is 262 g/mol. The van der Waals surface area contributed by atoms with E-state index in [0.29, 0.717) is 11.2 Å². The van der Waals surface area contributed by atoms with E-state index in [2.05, 4.69) is 0 Å². The number of fused-ring (bicyclic) bond motifs is 3. The van der Waals surface area contributed by atoms with Gasteiger partial charge in [-0.15, -0.1) is 0 Å². The SMILES string of the molecule is O=S(=O)(CO)c1ccc2oc3ccccc3c2c1. The maximum Gasteiger partial charge on any atom is 0.202 e. The number of aliphatic hydroxyl groups is 1. The lowest BCUT2D eigenvalue weighted by atomic mass is 10.1. The molecule has 2 aromatic carbocycles. The van der Waals surface area contributed by atoms with E-state index in [4.69, 9.17) is 9.52 Å². The van der Waals surface area contributed by atoms with Gasteiger partial charge < -0.3 is 9.52 Å². The summed E-state index contributed by atoms with van der Waals surface area (Å²) in [5.41, 5.74) is 1.35. The smallest absolute Gasteiger partial charge is 0.202 e. The molecule has 0 aliphatic heterocycles. The highest BCUT2D eigenvalue weighted by Gasteiger charge is 2.15. The third-order valence-electron chi connectivity index (χ3n) is 2.88. The maximum absolute atomic E-state index is 11.6. The van der Waals surface area contributed by atoms with Crippen LogP contribution in [-0.2, 0) is 9.84 Å². The van der Waals surface area contributed by atoms with Gasteiger partial charge in [0.1, 0.15) is 17.1 Å². The highest BCUT2D eigenvalue weighted by Crippen LogP contribution is 2.30. The Kier molecular flexibility index (Phi) is 2.39. The molecule has 0 bridgehead atoms. The minimum Gasteiger partial charge on any atom is -0.456 e. The summed E-state index contributed by atoms with van der Waals surface area (Å²) in [6, 6.07) is 12.0. The van der Waals surface area contributed by atoms with Crippen molar-refractivity contribution in [2.75, 3.05) is 5.94 Å². The summed E-state index contributed by atoms with van der Waals surface area (Å²) in [4.78, 5) is 0.101. The molecule has 0 atom stereocenters. The van der Waals surface area contributed by atoms with E-state index in [1.54, 1.807) is 6.07 Å². The lowest BCUT2D eigenvalue weighted by Crippen LogP contribution is -2.05. The van der Waals surface area contributed by atoms with Crippen LogP contribution in [0.2, 0.25) is 0 Å². The first-order chi connectivity index (χ1) is 8.62. The van der Waals surface area contributed by atoms with Crippen LogP contribution < -0.4 is 0 Å². The van der Waals surface area contributed by atoms with Crippen LogP contribution in [0, 0.1) is 0 Å². The van der Waals surface area contributed by atoms with Gasteiger partial charge in [0.2, 0.25) is 9.84 Å². The van der Waals surface area contributed by atoms with Gasteiger partial charge in [0, 0.05) is 10.8 Å². The molecule has 0 spiro atoms. The molecular formula is C13H10O4S. The summed E-state index contributed by atoms with van der Waals surface area (Å²) in [5.74, 6) is -0.895. The van der Waals surface area contributed by atoms with Crippen molar-refractivity contribution >= 4 is 31.8 Å². The van der Waals surface area contributed by atoms with Gasteiger partial charge >= 0.3 is 0 Å². The standard InChI is InChI=1S/C13H10O4S/c14-8-18(15,16)9-5-6-13-11(7-9)10-3-1-2-4-12(10)17-13/h1-7,14H,8H2. The molecule has 0 saturated heterocycles. The van der Waals surface area contributed by atoms with Crippen molar-refractivity contribution in [3.05, 3.63) is 42.5 Å². The van der Waals surface area contributed by atoms with Gasteiger partial charge in [0.05, 0.1) is 4.90 Å². The highest BCUT2D eigenvalue weighted by molar-refractivity contribution is 7.91. The number of hydrogen-bond acceptors (Lipinski definition) is 4. The molecule has 0 saturated carbocycles. The Bertz CT molecular complexity index is 830. The van der Waals surface area contributed by atoms with Gasteiger partial charge in [-0.1, -0.05) is 18.2 Å². The van der Waals surface area contributed by atoms with Crippen LogP contribution in [0.5, 0.6) is 0 Å². The second-order valence-electron chi connectivity index (χ2n) is 4.00. The molecule has 0 amide bonds. The molecule has 1 aromatic heterocycles. The molecule has 0 radical (unpaired) electrons. The minimum atomic E-state index is -3.62. The Balaban J connectivity index is 2.38. The van der Waals surface area contributed by atoms with Crippen molar-refractivity contribution in [3.8, 4) is 0 Å². The first-order valence-electron chi connectivity index (χ1n) is 5.37. The molecule has 5 heteroatoms. The van der Waals surface area contributed by atoms with E-state index in [-0.39, 0.29) is 4.90 Å². The molecular weight excluding hydrogens is 252 g/mol. The van der Waals surface area contributed by atoms with Gasteiger partial charge in [-0.2, -0.15) is 0 Å². The first-order valence-corrected chi connectivity index (χ1v) is 7.02. The van der Waals surface area contributed by atoms with Crippen LogP contribution in [0.1, 0.15) is 0 Å². The minimum absolute atomic E-state index is 0.101. The van der Waals surface area contributed by atoms with Crippen molar-refractivity contribution in [3.63, 3.8) is 0 Å². The van der Waals surface area contributed by atoms with Gasteiger partial charge in [-0.05, 0) is 24.3 Å². The molecule has 3 aromatic rings. The normalized spacial score (nSPS) is 12.3. The van der Waals surface area contributed by atoms with Crippen molar-refractivity contribution in [2.24, 2.45) is 0 Å². The summed E-state index contributed by atoms with van der Waals surface area (Å²) >= 11 is 0. The fourth-order valence-electron chi connectivity index (χ4n) is 1.97. The fraction of sp³-hybridized carbons (Fsp3) is 0.0769. The van der Waals surface area contributed by atoms with E-state index in [0.717, 1.165) is 10.8 Å². The highest BCUT2D eigenvalue weighted by atomic mass is 32.2. The zero-order valence-electron chi connectivity index (χ0n) is 9.33. The molecule has 0 fully saturated rings. The molecule has 1 heterocycles. The summed E-state index contributed by atoms with van der Waals surface area (Å²) in [5, 5.41) is 10.5. The molecule has 0 aliphatic carbocycles. The largest absolute Gasteiger partial charge is 0.456 e. The van der Waals surface area contributed by atoms with Crippen molar-refractivity contribution in [2.45, 2.75) is 4.90 Å². The fourth-order valence-corrected chi connectivity index (χ4v) is 2.70.